The third-order valence-corrected chi connectivity index (χ3v) is 4.34. The van der Waals surface area contributed by atoms with Crippen molar-refractivity contribution in [3.63, 3.8) is 0 Å². The molecule has 0 aliphatic rings. The quantitative estimate of drug-likeness (QED) is 0.654. The van der Waals surface area contributed by atoms with Crippen molar-refractivity contribution < 1.29 is 27.8 Å². The number of ether oxygens (including phenoxy) is 1. The van der Waals surface area contributed by atoms with Gasteiger partial charge in [-0.15, -0.1) is 0 Å². The maximum atomic E-state index is 13.8. The largest absolute Gasteiger partial charge is 0.480 e. The van der Waals surface area contributed by atoms with Crippen LogP contribution in [0.15, 0.2) is 48.8 Å². The van der Waals surface area contributed by atoms with Crippen LogP contribution in [0.25, 0.3) is 0 Å². The number of alkyl halides is 2. The van der Waals surface area contributed by atoms with Crippen LogP contribution in [0.4, 0.5) is 13.2 Å². The first kappa shape index (κ1) is 20.1. The molecule has 0 saturated heterocycles. The van der Waals surface area contributed by atoms with Crippen LogP contribution in [0.2, 0.25) is 0 Å². The number of halogens is 3. The number of nitrogens with zero attached hydrogens (tertiary/aromatic N) is 1. The van der Waals surface area contributed by atoms with Crippen LogP contribution in [-0.4, -0.2) is 40.5 Å². The van der Waals surface area contributed by atoms with Crippen LogP contribution in [0.3, 0.4) is 0 Å². The van der Waals surface area contributed by atoms with E-state index < -0.39 is 30.5 Å². The molecule has 1 aromatic heterocycles. The summed E-state index contributed by atoms with van der Waals surface area (Å²) >= 11 is 1.30. The minimum atomic E-state index is -3.64. The van der Waals surface area contributed by atoms with Crippen LogP contribution in [0.1, 0.15) is 5.56 Å². The van der Waals surface area contributed by atoms with Gasteiger partial charge in [-0.2, -0.15) is 20.5 Å². The molecule has 0 aliphatic carbocycles. The summed E-state index contributed by atoms with van der Waals surface area (Å²) in [5.41, 5.74) is 0.958. The number of thioether (sulfide) groups is 1. The first-order chi connectivity index (χ1) is 12.4. The molecule has 26 heavy (non-hydrogen) atoms. The number of aromatic nitrogens is 1. The Morgan fingerprint density at radius 3 is 2.50 bits per heavy atom. The summed E-state index contributed by atoms with van der Waals surface area (Å²) in [5, 5.41) is 11.5. The van der Waals surface area contributed by atoms with Crippen LogP contribution < -0.4 is 10.1 Å². The average Bonchev–Trinajstić information content (AvgIpc) is 2.60. The van der Waals surface area contributed by atoms with Gasteiger partial charge in [-0.25, -0.2) is 4.39 Å². The molecule has 2 aromatic rings. The topological polar surface area (TPSA) is 71.5 Å². The van der Waals surface area contributed by atoms with Crippen molar-refractivity contribution in [3.8, 4) is 5.75 Å². The Morgan fingerprint density at radius 1 is 1.23 bits per heavy atom. The molecule has 0 bridgehead atoms. The van der Waals surface area contributed by atoms with E-state index in [0.29, 0.717) is 5.75 Å². The number of rotatable bonds is 10. The fraction of sp³-hybridized carbons (Fsp3) is 0.294. The maximum Gasteiger partial charge on any atom is 0.410 e. The number of carboxylic acid groups (broad SMARTS) is 1. The summed E-state index contributed by atoms with van der Waals surface area (Å²) in [7, 11) is 0. The number of carbonyl (C=O) groups is 1. The second kappa shape index (κ2) is 9.44. The SMILES string of the molecule is O=C(O)C(CSCc1ccncc1)NCC(F)(F)Oc1ccc(F)cc1. The summed E-state index contributed by atoms with van der Waals surface area (Å²) in [5.74, 6) is -1.38. The Hall–Kier alpha value is -2.26. The van der Waals surface area contributed by atoms with Gasteiger partial charge < -0.3 is 9.84 Å². The highest BCUT2D eigenvalue weighted by molar-refractivity contribution is 7.98. The van der Waals surface area contributed by atoms with E-state index in [4.69, 9.17) is 0 Å². The summed E-state index contributed by atoms with van der Waals surface area (Å²) in [6.45, 7) is -0.989. The molecule has 0 aliphatic heterocycles. The summed E-state index contributed by atoms with van der Waals surface area (Å²) in [4.78, 5) is 15.1. The standard InChI is InChI=1S/C17H17F3N2O3S/c18-13-1-3-14(4-2-13)25-17(19,20)11-22-15(16(23)24)10-26-9-12-5-7-21-8-6-12/h1-8,15,22H,9-11H2,(H,23,24). The normalized spacial score (nSPS) is 12.6. The number of pyridine rings is 1. The Labute approximate surface area is 152 Å². The van der Waals surface area contributed by atoms with Crippen molar-refractivity contribution in [3.05, 3.63) is 60.2 Å². The molecular formula is C17H17F3N2O3S. The lowest BCUT2D eigenvalue weighted by Crippen LogP contribution is -2.47. The molecule has 0 spiro atoms. The predicted molar refractivity (Wildman–Crippen MR) is 91.8 cm³/mol. The molecule has 1 aromatic carbocycles. The lowest BCUT2D eigenvalue weighted by molar-refractivity contribution is -0.173. The minimum absolute atomic E-state index is 0.101. The Kier molecular flexibility index (Phi) is 7.28. The van der Waals surface area contributed by atoms with Gasteiger partial charge in [0.1, 0.15) is 24.2 Å². The first-order valence-electron chi connectivity index (χ1n) is 7.61. The lowest BCUT2D eigenvalue weighted by Gasteiger charge is -2.21. The monoisotopic (exact) mass is 386 g/mol. The third kappa shape index (κ3) is 6.93. The van der Waals surface area contributed by atoms with E-state index in [1.165, 1.54) is 11.8 Å². The molecule has 2 N–H and O–H groups in total. The van der Waals surface area contributed by atoms with Gasteiger partial charge in [0.2, 0.25) is 0 Å². The van der Waals surface area contributed by atoms with Crippen molar-refractivity contribution in [1.29, 1.82) is 0 Å². The molecule has 1 atom stereocenters. The van der Waals surface area contributed by atoms with Gasteiger partial charge in [-0.1, -0.05) is 0 Å². The highest BCUT2D eigenvalue weighted by Gasteiger charge is 2.33. The van der Waals surface area contributed by atoms with Crippen LogP contribution in [0, 0.1) is 5.82 Å². The second-order valence-electron chi connectivity index (χ2n) is 5.34. The number of hydrogen-bond donors (Lipinski definition) is 2. The smallest absolute Gasteiger partial charge is 0.410 e. The average molecular weight is 386 g/mol. The van der Waals surface area contributed by atoms with Gasteiger partial charge in [0, 0.05) is 23.9 Å². The molecule has 0 amide bonds. The minimum Gasteiger partial charge on any atom is -0.480 e. The van der Waals surface area contributed by atoms with E-state index in [9.17, 15) is 23.1 Å². The van der Waals surface area contributed by atoms with E-state index in [-0.39, 0.29) is 11.5 Å². The third-order valence-electron chi connectivity index (χ3n) is 3.24. The number of carboxylic acids is 1. The van der Waals surface area contributed by atoms with E-state index >= 15 is 0 Å². The van der Waals surface area contributed by atoms with Gasteiger partial charge in [0.15, 0.2) is 0 Å². The van der Waals surface area contributed by atoms with Crippen molar-refractivity contribution >= 4 is 17.7 Å². The van der Waals surface area contributed by atoms with Crippen LogP contribution in [0.5, 0.6) is 5.75 Å². The van der Waals surface area contributed by atoms with Crippen molar-refractivity contribution in [1.82, 2.24) is 10.3 Å². The molecule has 140 valence electrons. The molecule has 2 rings (SSSR count). The van der Waals surface area contributed by atoms with Gasteiger partial charge in [-0.05, 0) is 42.0 Å². The van der Waals surface area contributed by atoms with E-state index in [0.717, 1.165) is 29.8 Å². The van der Waals surface area contributed by atoms with Crippen LogP contribution >= 0.6 is 11.8 Å². The van der Waals surface area contributed by atoms with E-state index in [2.05, 4.69) is 15.0 Å². The Morgan fingerprint density at radius 2 is 1.88 bits per heavy atom. The summed E-state index contributed by atoms with van der Waals surface area (Å²) in [6.07, 6.45) is -0.395. The number of benzene rings is 1. The summed E-state index contributed by atoms with van der Waals surface area (Å²) in [6, 6.07) is 6.56. The number of nitrogens with one attached hydrogen (secondary N) is 1. The zero-order valence-corrected chi connectivity index (χ0v) is 14.4. The fourth-order valence-corrected chi connectivity index (χ4v) is 2.99. The molecule has 1 heterocycles. The molecule has 0 saturated carbocycles. The predicted octanol–water partition coefficient (Wildman–Crippen LogP) is 3.17. The van der Waals surface area contributed by atoms with E-state index in [1.807, 2.05) is 0 Å². The highest BCUT2D eigenvalue weighted by Crippen LogP contribution is 2.21. The zero-order valence-electron chi connectivity index (χ0n) is 13.6. The second-order valence-corrected chi connectivity index (χ2v) is 6.37. The molecule has 0 fully saturated rings. The maximum absolute atomic E-state index is 13.8. The van der Waals surface area contributed by atoms with E-state index in [1.54, 1.807) is 24.5 Å². The van der Waals surface area contributed by atoms with Gasteiger partial charge in [-0.3, -0.25) is 15.1 Å². The highest BCUT2D eigenvalue weighted by atomic mass is 32.2. The first-order valence-corrected chi connectivity index (χ1v) is 8.76. The zero-order chi connectivity index (χ0) is 19.0. The molecule has 0 radical (unpaired) electrons. The number of aliphatic carboxylic acids is 1. The Bertz CT molecular complexity index is 702. The number of hydrogen-bond acceptors (Lipinski definition) is 5. The molecule has 9 heteroatoms. The summed E-state index contributed by atoms with van der Waals surface area (Å²) < 4.78 is 44.9. The van der Waals surface area contributed by atoms with Crippen molar-refractivity contribution in [2.45, 2.75) is 17.9 Å². The fourth-order valence-electron chi connectivity index (χ4n) is 1.94. The lowest BCUT2D eigenvalue weighted by atomic mass is 10.3. The molecule has 1 unspecified atom stereocenters. The van der Waals surface area contributed by atoms with Crippen molar-refractivity contribution in [2.24, 2.45) is 0 Å². The van der Waals surface area contributed by atoms with Gasteiger partial charge in [0.05, 0.1) is 0 Å². The molecular weight excluding hydrogens is 369 g/mol. The Balaban J connectivity index is 1.82. The van der Waals surface area contributed by atoms with Gasteiger partial charge in [0.25, 0.3) is 0 Å². The van der Waals surface area contributed by atoms with Crippen molar-refractivity contribution in [2.75, 3.05) is 12.3 Å². The molecule has 5 nitrogen and oxygen atoms in total. The van der Waals surface area contributed by atoms with Crippen LogP contribution in [-0.2, 0) is 10.5 Å². The van der Waals surface area contributed by atoms with Gasteiger partial charge >= 0.3 is 12.1 Å².